The fourth-order valence-electron chi connectivity index (χ4n) is 2.86. The minimum atomic E-state index is -0.534. The lowest BCUT2D eigenvalue weighted by atomic mass is 10.1. The maximum atomic E-state index is 12.8. The predicted molar refractivity (Wildman–Crippen MR) is 105 cm³/mol. The number of fused-ring (bicyclic) bond motifs is 1. The Bertz CT molecular complexity index is 917. The first-order valence-corrected chi connectivity index (χ1v) is 9.11. The zero-order valence-electron chi connectivity index (χ0n) is 15.0. The van der Waals surface area contributed by atoms with Crippen LogP contribution in [-0.2, 0) is 11.2 Å². The van der Waals surface area contributed by atoms with Gasteiger partial charge in [0.2, 0.25) is 0 Å². The molecule has 0 unspecified atom stereocenters. The number of aryl methyl sites for hydroxylation is 1. The van der Waals surface area contributed by atoms with Crippen molar-refractivity contribution in [2.24, 2.45) is 0 Å². The van der Waals surface area contributed by atoms with Crippen LogP contribution in [0.4, 0.5) is 4.79 Å². The molecule has 2 aromatic carbocycles. The van der Waals surface area contributed by atoms with Crippen molar-refractivity contribution in [3.63, 3.8) is 0 Å². The summed E-state index contributed by atoms with van der Waals surface area (Å²) in [6.45, 7) is 7.71. The first-order valence-electron chi connectivity index (χ1n) is 8.32. The van der Waals surface area contributed by atoms with Crippen LogP contribution in [0.5, 0.6) is 0 Å². The monoisotopic (exact) mass is 399 g/mol. The summed E-state index contributed by atoms with van der Waals surface area (Å²) in [5, 5.41) is 1.05. The second kappa shape index (κ2) is 6.68. The zero-order valence-corrected chi connectivity index (χ0v) is 16.6. The standard InChI is InChI=1S/C21H22BrNO2/c1-14-5-10-19-16(11-14)13-18(12-15-6-8-17(22)9-7-15)23(19)20(24)25-21(2,3)4/h5-11,13H,12H2,1-4H3. The SMILES string of the molecule is Cc1ccc2c(c1)cc(Cc1ccc(Br)cc1)n2C(=O)OC(C)(C)C. The largest absolute Gasteiger partial charge is 0.443 e. The van der Waals surface area contributed by atoms with E-state index >= 15 is 0 Å². The van der Waals surface area contributed by atoms with Crippen LogP contribution in [0.25, 0.3) is 10.9 Å². The highest BCUT2D eigenvalue weighted by Crippen LogP contribution is 2.25. The number of rotatable bonds is 2. The summed E-state index contributed by atoms with van der Waals surface area (Å²) in [5.74, 6) is 0. The minimum Gasteiger partial charge on any atom is -0.443 e. The third-order valence-electron chi connectivity index (χ3n) is 3.91. The molecule has 0 fully saturated rings. The molecule has 0 atom stereocenters. The van der Waals surface area contributed by atoms with Crippen LogP contribution in [0.1, 0.15) is 37.6 Å². The number of nitrogens with zero attached hydrogens (tertiary/aromatic N) is 1. The quantitative estimate of drug-likeness (QED) is 0.522. The first kappa shape index (κ1) is 17.7. The highest BCUT2D eigenvalue weighted by Gasteiger charge is 2.22. The number of hydrogen-bond donors (Lipinski definition) is 0. The molecule has 0 saturated heterocycles. The van der Waals surface area contributed by atoms with E-state index in [1.807, 2.05) is 45.0 Å². The Morgan fingerprint density at radius 2 is 1.76 bits per heavy atom. The molecule has 0 amide bonds. The van der Waals surface area contributed by atoms with Gasteiger partial charge in [-0.1, -0.05) is 39.7 Å². The molecule has 130 valence electrons. The molecule has 3 rings (SSSR count). The van der Waals surface area contributed by atoms with Gasteiger partial charge < -0.3 is 4.74 Å². The third kappa shape index (κ3) is 4.13. The Kier molecular flexibility index (Phi) is 4.74. The first-order chi connectivity index (χ1) is 11.7. The molecule has 1 heterocycles. The average Bonchev–Trinajstić information content (AvgIpc) is 2.84. The maximum absolute atomic E-state index is 12.8. The molecule has 0 spiro atoms. The van der Waals surface area contributed by atoms with Gasteiger partial charge in [0, 0.05) is 22.0 Å². The highest BCUT2D eigenvalue weighted by atomic mass is 79.9. The van der Waals surface area contributed by atoms with Gasteiger partial charge in [0.05, 0.1) is 5.52 Å². The van der Waals surface area contributed by atoms with Gasteiger partial charge in [0.1, 0.15) is 5.60 Å². The summed E-state index contributed by atoms with van der Waals surface area (Å²) >= 11 is 3.46. The number of carbonyl (C=O) groups excluding carboxylic acids is 1. The topological polar surface area (TPSA) is 31.2 Å². The Morgan fingerprint density at radius 1 is 1.08 bits per heavy atom. The van der Waals surface area contributed by atoms with E-state index in [0.717, 1.165) is 26.6 Å². The van der Waals surface area contributed by atoms with Gasteiger partial charge >= 0.3 is 6.09 Å². The van der Waals surface area contributed by atoms with E-state index in [2.05, 4.69) is 47.1 Å². The molecule has 1 aromatic heterocycles. The lowest BCUT2D eigenvalue weighted by molar-refractivity contribution is 0.0541. The van der Waals surface area contributed by atoms with Crippen molar-refractivity contribution in [1.29, 1.82) is 0 Å². The van der Waals surface area contributed by atoms with Gasteiger partial charge in [-0.2, -0.15) is 0 Å². The number of hydrogen-bond acceptors (Lipinski definition) is 2. The van der Waals surface area contributed by atoms with E-state index in [9.17, 15) is 4.79 Å². The van der Waals surface area contributed by atoms with E-state index in [0.29, 0.717) is 6.42 Å². The molecule has 3 nitrogen and oxygen atoms in total. The molecule has 0 aliphatic rings. The van der Waals surface area contributed by atoms with Gasteiger partial charge in [0.25, 0.3) is 0 Å². The second-order valence-electron chi connectivity index (χ2n) is 7.32. The highest BCUT2D eigenvalue weighted by molar-refractivity contribution is 9.10. The number of aromatic nitrogens is 1. The molecule has 3 aromatic rings. The number of benzene rings is 2. The number of ether oxygens (including phenoxy) is 1. The van der Waals surface area contributed by atoms with E-state index in [1.54, 1.807) is 4.57 Å². The Balaban J connectivity index is 2.07. The molecular weight excluding hydrogens is 378 g/mol. The summed E-state index contributed by atoms with van der Waals surface area (Å²) in [7, 11) is 0. The van der Waals surface area contributed by atoms with Crippen LogP contribution < -0.4 is 0 Å². The van der Waals surface area contributed by atoms with Crippen LogP contribution in [0.15, 0.2) is 53.0 Å². The zero-order chi connectivity index (χ0) is 18.2. The summed E-state index contributed by atoms with van der Waals surface area (Å²) in [4.78, 5) is 12.8. The van der Waals surface area contributed by atoms with E-state index in [-0.39, 0.29) is 6.09 Å². The summed E-state index contributed by atoms with van der Waals surface area (Å²) in [6, 6.07) is 16.3. The molecule has 0 radical (unpaired) electrons. The maximum Gasteiger partial charge on any atom is 0.419 e. The molecule has 0 N–H and O–H groups in total. The smallest absolute Gasteiger partial charge is 0.419 e. The predicted octanol–water partition coefficient (Wildman–Crippen LogP) is 6.09. The van der Waals surface area contributed by atoms with Crippen LogP contribution in [0, 0.1) is 6.92 Å². The number of halogens is 1. The van der Waals surface area contributed by atoms with E-state index in [1.165, 1.54) is 5.56 Å². The molecule has 0 aliphatic carbocycles. The van der Waals surface area contributed by atoms with Crippen molar-refractivity contribution in [3.8, 4) is 0 Å². The third-order valence-corrected chi connectivity index (χ3v) is 4.44. The van der Waals surface area contributed by atoms with Crippen LogP contribution in [0.3, 0.4) is 0 Å². The molecule has 0 saturated carbocycles. The fraction of sp³-hybridized carbons (Fsp3) is 0.286. The lowest BCUT2D eigenvalue weighted by Gasteiger charge is -2.21. The summed E-state index contributed by atoms with van der Waals surface area (Å²) in [6.07, 6.45) is 0.332. The van der Waals surface area contributed by atoms with Crippen molar-refractivity contribution in [2.75, 3.05) is 0 Å². The Morgan fingerprint density at radius 3 is 2.40 bits per heavy atom. The lowest BCUT2D eigenvalue weighted by Crippen LogP contribution is -2.28. The minimum absolute atomic E-state index is 0.335. The van der Waals surface area contributed by atoms with Crippen LogP contribution >= 0.6 is 15.9 Å². The fourth-order valence-corrected chi connectivity index (χ4v) is 3.12. The van der Waals surface area contributed by atoms with Gasteiger partial charge in [0.15, 0.2) is 0 Å². The van der Waals surface area contributed by atoms with Gasteiger partial charge in [-0.05, 0) is 63.6 Å². The molecule has 0 bridgehead atoms. The average molecular weight is 400 g/mol. The van der Waals surface area contributed by atoms with Crippen LogP contribution in [0.2, 0.25) is 0 Å². The summed E-state index contributed by atoms with van der Waals surface area (Å²) in [5.41, 5.74) is 3.59. The second-order valence-corrected chi connectivity index (χ2v) is 8.23. The van der Waals surface area contributed by atoms with Crippen molar-refractivity contribution in [3.05, 3.63) is 69.8 Å². The summed E-state index contributed by atoms with van der Waals surface area (Å²) < 4.78 is 8.37. The molecule has 25 heavy (non-hydrogen) atoms. The molecule has 4 heteroatoms. The van der Waals surface area contributed by atoms with Crippen molar-refractivity contribution < 1.29 is 9.53 Å². The Hall–Kier alpha value is -2.07. The van der Waals surface area contributed by atoms with Crippen molar-refractivity contribution in [1.82, 2.24) is 4.57 Å². The normalized spacial score (nSPS) is 11.7. The van der Waals surface area contributed by atoms with Crippen molar-refractivity contribution in [2.45, 2.75) is 39.7 Å². The van der Waals surface area contributed by atoms with E-state index < -0.39 is 5.60 Å². The van der Waals surface area contributed by atoms with Crippen LogP contribution in [-0.4, -0.2) is 16.3 Å². The molecule has 0 aliphatic heterocycles. The van der Waals surface area contributed by atoms with Crippen molar-refractivity contribution >= 4 is 32.9 Å². The van der Waals surface area contributed by atoms with Gasteiger partial charge in [-0.3, -0.25) is 0 Å². The molecular formula is C21H22BrNO2. The Labute approximate surface area is 156 Å². The van der Waals surface area contributed by atoms with E-state index in [4.69, 9.17) is 4.74 Å². The van der Waals surface area contributed by atoms with Gasteiger partial charge in [-0.15, -0.1) is 0 Å². The number of carbonyl (C=O) groups is 1. The van der Waals surface area contributed by atoms with Gasteiger partial charge in [-0.25, -0.2) is 9.36 Å².